The number of benzene rings is 1. The molecule has 1 N–H and O–H groups in total. The standard InChI is InChI=1S/C25H31ClFN5O/c1-15-10-22(30-29-15)23-17(3)20-11-19(26)12-21(27)24(20)28-25(23)32-7-6-31(13-16(32)2)14-18-4-8-33-9-5-18/h10-12,16,18H,4-9,13-14H2,1-3H3,(H,29,30)/t16-/m1/s1. The Morgan fingerprint density at radius 1 is 1.18 bits per heavy atom. The van der Waals surface area contributed by atoms with Crippen LogP contribution in [0, 0.1) is 25.6 Å². The molecule has 0 unspecified atom stereocenters. The number of aryl methyl sites for hydroxylation is 2. The van der Waals surface area contributed by atoms with Crippen LogP contribution in [0.5, 0.6) is 0 Å². The number of nitrogens with one attached hydrogen (secondary N) is 1. The highest BCUT2D eigenvalue weighted by Crippen LogP contribution is 2.39. The third-order valence-corrected chi connectivity index (χ3v) is 7.27. The van der Waals surface area contributed by atoms with Crippen molar-refractivity contribution in [2.45, 2.75) is 39.7 Å². The average molecular weight is 472 g/mol. The number of hydrogen-bond donors (Lipinski definition) is 1. The highest BCUT2D eigenvalue weighted by atomic mass is 35.5. The van der Waals surface area contributed by atoms with Crippen LogP contribution in [0.15, 0.2) is 18.2 Å². The van der Waals surface area contributed by atoms with Crippen LogP contribution in [0.3, 0.4) is 0 Å². The Bertz CT molecular complexity index is 1160. The Labute approximate surface area is 199 Å². The van der Waals surface area contributed by atoms with Gasteiger partial charge in [0.1, 0.15) is 11.3 Å². The Hall–Kier alpha value is -2.22. The predicted octanol–water partition coefficient (Wildman–Crippen LogP) is 4.97. The van der Waals surface area contributed by atoms with Crippen molar-refractivity contribution in [1.82, 2.24) is 20.1 Å². The molecule has 2 saturated heterocycles. The van der Waals surface area contributed by atoms with Crippen LogP contribution in [0.25, 0.3) is 22.2 Å². The van der Waals surface area contributed by atoms with Crippen LogP contribution in [-0.2, 0) is 4.74 Å². The van der Waals surface area contributed by atoms with Crippen LogP contribution in [0.4, 0.5) is 10.2 Å². The van der Waals surface area contributed by atoms with E-state index < -0.39 is 5.82 Å². The minimum absolute atomic E-state index is 0.247. The van der Waals surface area contributed by atoms with Crippen LogP contribution in [-0.4, -0.2) is 65.5 Å². The second-order valence-corrected chi connectivity index (χ2v) is 9.95. The average Bonchev–Trinajstić information content (AvgIpc) is 3.21. The summed E-state index contributed by atoms with van der Waals surface area (Å²) in [6, 6.07) is 5.40. The van der Waals surface area contributed by atoms with Crippen molar-refractivity contribution in [1.29, 1.82) is 0 Å². The first-order chi connectivity index (χ1) is 15.9. The number of pyridine rings is 1. The molecule has 5 rings (SSSR count). The van der Waals surface area contributed by atoms with Crippen molar-refractivity contribution in [3.8, 4) is 11.3 Å². The van der Waals surface area contributed by atoms with E-state index in [9.17, 15) is 4.39 Å². The van der Waals surface area contributed by atoms with Gasteiger partial charge in [-0.05, 0) is 63.3 Å². The molecule has 1 aromatic carbocycles. The molecule has 176 valence electrons. The first-order valence-electron chi connectivity index (χ1n) is 11.8. The van der Waals surface area contributed by atoms with Gasteiger partial charge in [-0.2, -0.15) is 5.10 Å². The van der Waals surface area contributed by atoms with E-state index in [2.05, 4.69) is 26.9 Å². The van der Waals surface area contributed by atoms with Crippen LogP contribution in [0.2, 0.25) is 5.02 Å². The van der Waals surface area contributed by atoms with Gasteiger partial charge < -0.3 is 9.64 Å². The summed E-state index contributed by atoms with van der Waals surface area (Å²) < 4.78 is 20.4. The fraction of sp³-hybridized carbons (Fsp3) is 0.520. The van der Waals surface area contributed by atoms with E-state index in [1.54, 1.807) is 6.07 Å². The van der Waals surface area contributed by atoms with Crippen molar-refractivity contribution >= 4 is 28.3 Å². The van der Waals surface area contributed by atoms with Crippen LogP contribution in [0.1, 0.15) is 31.0 Å². The van der Waals surface area contributed by atoms with Crippen molar-refractivity contribution < 1.29 is 9.13 Å². The number of aromatic nitrogens is 3. The van der Waals surface area contributed by atoms with E-state index in [4.69, 9.17) is 21.3 Å². The molecule has 2 fully saturated rings. The molecule has 0 aliphatic carbocycles. The highest BCUT2D eigenvalue weighted by Gasteiger charge is 2.30. The molecule has 1 atom stereocenters. The Kier molecular flexibility index (Phi) is 6.29. The lowest BCUT2D eigenvalue weighted by molar-refractivity contribution is 0.0500. The molecule has 6 nitrogen and oxygen atoms in total. The first-order valence-corrected chi connectivity index (χ1v) is 12.2. The summed E-state index contributed by atoms with van der Waals surface area (Å²) in [4.78, 5) is 9.76. The van der Waals surface area contributed by atoms with Gasteiger partial charge in [0.15, 0.2) is 5.82 Å². The summed E-state index contributed by atoms with van der Waals surface area (Å²) in [5.41, 5.74) is 4.05. The van der Waals surface area contributed by atoms with Crippen molar-refractivity contribution in [2.75, 3.05) is 44.3 Å². The Balaban J connectivity index is 1.51. The molecule has 4 heterocycles. The van der Waals surface area contributed by atoms with Gasteiger partial charge in [-0.15, -0.1) is 0 Å². The number of hydrogen-bond acceptors (Lipinski definition) is 5. The number of rotatable bonds is 4. The zero-order chi connectivity index (χ0) is 23.1. The van der Waals surface area contributed by atoms with E-state index in [0.29, 0.717) is 16.5 Å². The molecule has 2 aliphatic rings. The number of halogens is 2. The summed E-state index contributed by atoms with van der Waals surface area (Å²) in [6.07, 6.45) is 2.29. The lowest BCUT2D eigenvalue weighted by atomic mass is 9.98. The predicted molar refractivity (Wildman–Crippen MR) is 131 cm³/mol. The number of aromatic amines is 1. The van der Waals surface area contributed by atoms with E-state index in [0.717, 1.165) is 86.0 Å². The fourth-order valence-corrected chi connectivity index (χ4v) is 5.50. The van der Waals surface area contributed by atoms with Crippen molar-refractivity contribution in [3.63, 3.8) is 0 Å². The monoisotopic (exact) mass is 471 g/mol. The Morgan fingerprint density at radius 3 is 2.67 bits per heavy atom. The third-order valence-electron chi connectivity index (χ3n) is 7.05. The maximum Gasteiger partial charge on any atom is 0.150 e. The van der Waals surface area contributed by atoms with E-state index in [1.165, 1.54) is 6.07 Å². The fourth-order valence-electron chi connectivity index (χ4n) is 5.30. The maximum atomic E-state index is 14.9. The number of piperazine rings is 1. The van der Waals surface area contributed by atoms with E-state index in [-0.39, 0.29) is 6.04 Å². The number of ether oxygens (including phenoxy) is 1. The van der Waals surface area contributed by atoms with Crippen molar-refractivity contribution in [3.05, 3.63) is 40.3 Å². The molecule has 3 aromatic rings. The SMILES string of the molecule is Cc1cc(-c2c(N3CCN(CC4CCOCC4)C[C@H]3C)nc3c(F)cc(Cl)cc3c2C)n[nH]1. The lowest BCUT2D eigenvalue weighted by Gasteiger charge is -2.42. The van der Waals surface area contributed by atoms with Gasteiger partial charge in [0.05, 0.1) is 5.69 Å². The number of fused-ring (bicyclic) bond motifs is 1. The summed E-state index contributed by atoms with van der Waals surface area (Å²) in [7, 11) is 0. The maximum absolute atomic E-state index is 14.9. The zero-order valence-electron chi connectivity index (χ0n) is 19.5. The number of anilines is 1. The largest absolute Gasteiger partial charge is 0.381 e. The molecule has 0 bridgehead atoms. The summed E-state index contributed by atoms with van der Waals surface area (Å²) in [6.45, 7) is 11.8. The van der Waals surface area contributed by atoms with Crippen LogP contribution >= 0.6 is 11.6 Å². The quantitative estimate of drug-likeness (QED) is 0.582. The van der Waals surface area contributed by atoms with Gasteiger partial charge in [0.2, 0.25) is 0 Å². The third kappa shape index (κ3) is 4.46. The smallest absolute Gasteiger partial charge is 0.150 e. The zero-order valence-corrected chi connectivity index (χ0v) is 20.3. The van der Waals surface area contributed by atoms with Crippen LogP contribution < -0.4 is 4.90 Å². The van der Waals surface area contributed by atoms with Gasteiger partial charge in [-0.3, -0.25) is 10.00 Å². The van der Waals surface area contributed by atoms with Crippen molar-refractivity contribution in [2.24, 2.45) is 5.92 Å². The summed E-state index contributed by atoms with van der Waals surface area (Å²) >= 11 is 6.19. The molecular weight excluding hydrogens is 441 g/mol. The molecule has 33 heavy (non-hydrogen) atoms. The molecular formula is C25H31ClFN5O. The molecule has 8 heteroatoms. The number of nitrogens with zero attached hydrogens (tertiary/aromatic N) is 4. The van der Waals surface area contributed by atoms with E-state index >= 15 is 0 Å². The molecule has 0 saturated carbocycles. The van der Waals surface area contributed by atoms with Gasteiger partial charge in [0.25, 0.3) is 0 Å². The topological polar surface area (TPSA) is 57.3 Å². The van der Waals surface area contributed by atoms with Gasteiger partial charge in [-0.25, -0.2) is 9.37 Å². The highest BCUT2D eigenvalue weighted by molar-refractivity contribution is 6.31. The molecule has 0 radical (unpaired) electrons. The first kappa shape index (κ1) is 22.6. The van der Waals surface area contributed by atoms with Gasteiger partial charge in [0, 0.05) is 67.1 Å². The summed E-state index contributed by atoms with van der Waals surface area (Å²) in [5.74, 6) is 1.11. The molecule has 0 amide bonds. The minimum atomic E-state index is -0.391. The summed E-state index contributed by atoms with van der Waals surface area (Å²) in [5, 5.41) is 8.67. The lowest BCUT2D eigenvalue weighted by Crippen LogP contribution is -2.53. The number of H-pyrrole nitrogens is 1. The normalized spacial score (nSPS) is 20.6. The molecule has 0 spiro atoms. The second kappa shape index (κ2) is 9.20. The Morgan fingerprint density at radius 2 is 1.97 bits per heavy atom. The van der Waals surface area contributed by atoms with Gasteiger partial charge in [-0.1, -0.05) is 11.6 Å². The molecule has 2 aromatic heterocycles. The van der Waals surface area contributed by atoms with Gasteiger partial charge >= 0.3 is 0 Å². The molecule has 2 aliphatic heterocycles. The minimum Gasteiger partial charge on any atom is -0.381 e. The second-order valence-electron chi connectivity index (χ2n) is 9.51. The van der Waals surface area contributed by atoms with E-state index in [1.807, 2.05) is 19.9 Å².